The number of methoxy groups -OCH3 is 2. The molecule has 44 heavy (non-hydrogen) atoms. The molecular formula is C34H37N3O6S. The van der Waals surface area contributed by atoms with Gasteiger partial charge < -0.3 is 19.7 Å². The molecule has 10 heteroatoms. The van der Waals surface area contributed by atoms with E-state index < -0.39 is 28.5 Å². The van der Waals surface area contributed by atoms with Gasteiger partial charge in [0.05, 0.1) is 24.8 Å². The highest BCUT2D eigenvalue weighted by Gasteiger charge is 2.34. The number of carbonyl (C=O) groups excluding carboxylic acids is 2. The molecule has 4 aromatic rings. The predicted molar refractivity (Wildman–Crippen MR) is 170 cm³/mol. The molecule has 0 aliphatic rings. The number of nitrogens with one attached hydrogen (secondary N) is 1. The second-order valence-electron chi connectivity index (χ2n) is 10.2. The van der Waals surface area contributed by atoms with E-state index in [9.17, 15) is 18.0 Å². The monoisotopic (exact) mass is 615 g/mol. The fourth-order valence-corrected chi connectivity index (χ4v) is 6.27. The van der Waals surface area contributed by atoms with Gasteiger partial charge in [0.1, 0.15) is 12.6 Å². The molecule has 230 valence electrons. The molecule has 2 amide bonds. The average Bonchev–Trinajstić information content (AvgIpc) is 3.06. The third-order valence-corrected chi connectivity index (χ3v) is 9.03. The van der Waals surface area contributed by atoms with Crippen molar-refractivity contribution in [3.05, 3.63) is 120 Å². The molecule has 0 fully saturated rings. The first kappa shape index (κ1) is 32.1. The van der Waals surface area contributed by atoms with Crippen molar-refractivity contribution in [3.63, 3.8) is 0 Å². The van der Waals surface area contributed by atoms with Crippen LogP contribution in [0.3, 0.4) is 0 Å². The zero-order valence-electron chi connectivity index (χ0n) is 25.3. The maximum absolute atomic E-state index is 14.3. The van der Waals surface area contributed by atoms with Gasteiger partial charge in [-0.3, -0.25) is 13.9 Å². The molecule has 0 heterocycles. The van der Waals surface area contributed by atoms with Crippen molar-refractivity contribution in [1.82, 2.24) is 10.2 Å². The van der Waals surface area contributed by atoms with Gasteiger partial charge in [-0.25, -0.2) is 8.42 Å². The van der Waals surface area contributed by atoms with Crippen molar-refractivity contribution in [2.24, 2.45) is 0 Å². The largest absolute Gasteiger partial charge is 0.493 e. The summed E-state index contributed by atoms with van der Waals surface area (Å²) in [7, 11) is 0.119. The molecule has 0 bridgehead atoms. The molecule has 4 rings (SSSR count). The smallest absolute Gasteiger partial charge is 0.264 e. The number of benzene rings is 4. The lowest BCUT2D eigenvalue weighted by molar-refractivity contribution is -0.139. The second-order valence-corrected chi connectivity index (χ2v) is 12.1. The maximum Gasteiger partial charge on any atom is 0.264 e. The van der Waals surface area contributed by atoms with E-state index >= 15 is 0 Å². The van der Waals surface area contributed by atoms with Gasteiger partial charge in [0.15, 0.2) is 11.5 Å². The van der Waals surface area contributed by atoms with E-state index in [1.165, 1.54) is 44.4 Å². The predicted octanol–water partition coefficient (Wildman–Crippen LogP) is 4.59. The lowest BCUT2D eigenvalue weighted by Crippen LogP contribution is -2.53. The molecule has 4 aromatic carbocycles. The highest BCUT2D eigenvalue weighted by molar-refractivity contribution is 7.92. The lowest BCUT2D eigenvalue weighted by Gasteiger charge is -2.33. The Hall–Kier alpha value is -4.83. The molecule has 0 unspecified atom stereocenters. The fraction of sp³-hybridized carbons (Fsp3) is 0.235. The molecule has 0 aliphatic heterocycles. The van der Waals surface area contributed by atoms with Gasteiger partial charge in [-0.05, 0) is 42.3 Å². The summed E-state index contributed by atoms with van der Waals surface area (Å²) in [6.45, 7) is 1.52. The molecule has 0 radical (unpaired) electrons. The molecule has 0 saturated carbocycles. The van der Waals surface area contributed by atoms with E-state index in [0.29, 0.717) is 11.4 Å². The van der Waals surface area contributed by atoms with Gasteiger partial charge in [-0.15, -0.1) is 0 Å². The van der Waals surface area contributed by atoms with Gasteiger partial charge >= 0.3 is 0 Å². The van der Waals surface area contributed by atoms with Gasteiger partial charge in [-0.2, -0.15) is 0 Å². The van der Waals surface area contributed by atoms with Crippen molar-refractivity contribution in [1.29, 1.82) is 0 Å². The quantitative estimate of drug-likeness (QED) is 0.236. The standard InChI is InChI=1S/C34H37N3O6S/c1-25-15-17-27(18-16-25)23-36(30(34(39)35-2)21-26-11-7-5-8-12-26)33(38)24-37(28-13-9-6-10-14-28)44(40,41)29-19-20-31(42-3)32(22-29)43-4/h5-20,22,30H,21,23-24H2,1-4H3,(H,35,39)/t30-/m0/s1. The molecule has 9 nitrogen and oxygen atoms in total. The Morgan fingerprint density at radius 2 is 1.41 bits per heavy atom. The SMILES string of the molecule is CNC(=O)[C@H](Cc1ccccc1)N(Cc1ccc(C)cc1)C(=O)CN(c1ccccc1)S(=O)(=O)c1ccc(OC)c(OC)c1. The number of sulfonamides is 1. The Kier molecular flexibility index (Phi) is 10.6. The van der Waals surface area contributed by atoms with E-state index in [1.807, 2.05) is 61.5 Å². The number of hydrogen-bond acceptors (Lipinski definition) is 6. The van der Waals surface area contributed by atoms with Gasteiger partial charge in [-0.1, -0.05) is 78.4 Å². The summed E-state index contributed by atoms with van der Waals surface area (Å²) in [5.41, 5.74) is 3.01. The highest BCUT2D eigenvalue weighted by atomic mass is 32.2. The van der Waals surface area contributed by atoms with E-state index in [-0.39, 0.29) is 29.5 Å². The Morgan fingerprint density at radius 1 is 0.795 bits per heavy atom. The summed E-state index contributed by atoms with van der Waals surface area (Å²) in [5, 5.41) is 2.69. The summed E-state index contributed by atoms with van der Waals surface area (Å²) >= 11 is 0. The minimum absolute atomic E-state index is 0.0796. The van der Waals surface area contributed by atoms with Gasteiger partial charge in [0, 0.05) is 26.1 Å². The molecule has 0 spiro atoms. The number of amides is 2. The number of hydrogen-bond donors (Lipinski definition) is 1. The van der Waals surface area contributed by atoms with Crippen molar-refractivity contribution >= 4 is 27.5 Å². The summed E-state index contributed by atoms with van der Waals surface area (Å²) < 4.78 is 40.1. The van der Waals surface area contributed by atoms with Crippen LogP contribution in [0.15, 0.2) is 108 Å². The molecule has 0 saturated heterocycles. The Morgan fingerprint density at radius 3 is 2.00 bits per heavy atom. The van der Waals surface area contributed by atoms with E-state index in [4.69, 9.17) is 9.47 Å². The summed E-state index contributed by atoms with van der Waals surface area (Å²) in [6.07, 6.45) is 0.242. The van der Waals surface area contributed by atoms with Crippen LogP contribution in [-0.4, -0.2) is 59.0 Å². The van der Waals surface area contributed by atoms with E-state index in [1.54, 1.807) is 30.3 Å². The van der Waals surface area contributed by atoms with Gasteiger partial charge in [0.2, 0.25) is 11.8 Å². The normalized spacial score (nSPS) is 11.7. The van der Waals surface area contributed by atoms with Crippen LogP contribution in [0.25, 0.3) is 0 Å². The van der Waals surface area contributed by atoms with Crippen LogP contribution in [0.1, 0.15) is 16.7 Å². The molecule has 1 N–H and O–H groups in total. The zero-order chi connectivity index (χ0) is 31.7. The number of likely N-dealkylation sites (N-methyl/N-ethyl adjacent to an activating group) is 1. The van der Waals surface area contributed by atoms with E-state index in [2.05, 4.69) is 5.32 Å². The number of carbonyl (C=O) groups is 2. The topological polar surface area (TPSA) is 105 Å². The summed E-state index contributed by atoms with van der Waals surface area (Å²) in [5.74, 6) is -0.296. The number of ether oxygens (including phenoxy) is 2. The van der Waals surface area contributed by atoms with Crippen LogP contribution in [0.5, 0.6) is 11.5 Å². The minimum Gasteiger partial charge on any atom is -0.493 e. The minimum atomic E-state index is -4.28. The lowest BCUT2D eigenvalue weighted by atomic mass is 10.0. The molecule has 1 atom stereocenters. The number of nitrogens with zero attached hydrogens (tertiary/aromatic N) is 2. The van der Waals surface area contributed by atoms with Crippen LogP contribution >= 0.6 is 0 Å². The van der Waals surface area contributed by atoms with Crippen LogP contribution < -0.4 is 19.1 Å². The number of rotatable bonds is 13. The fourth-order valence-electron chi connectivity index (χ4n) is 4.84. The first-order chi connectivity index (χ1) is 21.2. The molecular weight excluding hydrogens is 578 g/mol. The zero-order valence-corrected chi connectivity index (χ0v) is 26.1. The van der Waals surface area contributed by atoms with Crippen molar-refractivity contribution in [2.45, 2.75) is 30.8 Å². The highest BCUT2D eigenvalue weighted by Crippen LogP contribution is 2.32. The van der Waals surface area contributed by atoms with E-state index in [0.717, 1.165) is 21.0 Å². The van der Waals surface area contributed by atoms with Crippen molar-refractivity contribution in [2.75, 3.05) is 32.1 Å². The number of para-hydroxylation sites is 1. The van der Waals surface area contributed by atoms with Crippen LogP contribution in [0.2, 0.25) is 0 Å². The first-order valence-electron chi connectivity index (χ1n) is 14.1. The number of anilines is 1. The Bertz CT molecular complexity index is 1660. The summed E-state index contributed by atoms with van der Waals surface area (Å²) in [4.78, 5) is 29.1. The second kappa shape index (κ2) is 14.6. The molecule has 0 aromatic heterocycles. The van der Waals surface area contributed by atoms with Crippen LogP contribution in [-0.2, 0) is 32.6 Å². The van der Waals surface area contributed by atoms with Crippen molar-refractivity contribution in [3.8, 4) is 11.5 Å². The van der Waals surface area contributed by atoms with Crippen LogP contribution in [0.4, 0.5) is 5.69 Å². The van der Waals surface area contributed by atoms with Crippen molar-refractivity contribution < 1.29 is 27.5 Å². The molecule has 0 aliphatic carbocycles. The van der Waals surface area contributed by atoms with Crippen LogP contribution in [0, 0.1) is 6.92 Å². The first-order valence-corrected chi connectivity index (χ1v) is 15.5. The third-order valence-electron chi connectivity index (χ3n) is 7.26. The third kappa shape index (κ3) is 7.57. The summed E-state index contributed by atoms with van der Waals surface area (Å²) in [6, 6.07) is 28.8. The van der Waals surface area contributed by atoms with Gasteiger partial charge in [0.25, 0.3) is 10.0 Å². The average molecular weight is 616 g/mol. The number of aryl methyl sites for hydroxylation is 1. The maximum atomic E-state index is 14.3. The Labute approximate surface area is 259 Å². The Balaban J connectivity index is 1.78.